The number of aromatic nitrogens is 2. The van der Waals surface area contributed by atoms with Crippen LogP contribution < -0.4 is 10.5 Å². The number of hydrogen-bond donors (Lipinski definition) is 3. The summed E-state index contributed by atoms with van der Waals surface area (Å²) in [5, 5.41) is 0. The lowest BCUT2D eigenvalue weighted by molar-refractivity contribution is 0.0981. The number of nitrogens with two attached hydrogens (primary N) is 1. The van der Waals surface area contributed by atoms with Crippen LogP contribution in [0.25, 0.3) is 22.4 Å². The van der Waals surface area contributed by atoms with Crippen molar-refractivity contribution in [2.24, 2.45) is 5.73 Å². The maximum absolute atomic E-state index is 12.1. The summed E-state index contributed by atoms with van der Waals surface area (Å²) in [6.07, 6.45) is 0. The second kappa shape index (κ2) is 6.42. The van der Waals surface area contributed by atoms with Crippen molar-refractivity contribution in [1.82, 2.24) is 14.7 Å². The monoisotopic (exact) mass is 344 g/mol. The van der Waals surface area contributed by atoms with Gasteiger partial charge in [-0.1, -0.05) is 30.3 Å². The predicted octanol–water partition coefficient (Wildman–Crippen LogP) is 1.25. The Morgan fingerprint density at radius 3 is 2.62 bits per heavy atom. The molecule has 7 nitrogen and oxygen atoms in total. The normalized spacial score (nSPS) is 11.5. The van der Waals surface area contributed by atoms with Gasteiger partial charge < -0.3 is 10.7 Å². The molecule has 0 atom stereocenters. The summed E-state index contributed by atoms with van der Waals surface area (Å²) in [6.45, 7) is -0.0529. The number of nitrogens with zero attached hydrogens (tertiary/aromatic N) is 1. The Bertz CT molecular complexity index is 981. The van der Waals surface area contributed by atoms with Crippen LogP contribution in [0.3, 0.4) is 0 Å². The molecule has 124 valence electrons. The number of fused-ring (bicyclic) bond motifs is 1. The number of rotatable bonds is 5. The molecule has 0 bridgehead atoms. The van der Waals surface area contributed by atoms with Crippen molar-refractivity contribution in [2.45, 2.75) is 0 Å². The Hall–Kier alpha value is -2.71. The number of hydrogen-bond acceptors (Lipinski definition) is 5. The molecule has 0 spiro atoms. The van der Waals surface area contributed by atoms with E-state index >= 15 is 0 Å². The molecule has 0 aliphatic carbocycles. The first-order valence-electron chi connectivity index (χ1n) is 7.28. The van der Waals surface area contributed by atoms with E-state index in [9.17, 15) is 13.2 Å². The van der Waals surface area contributed by atoms with Crippen LogP contribution in [0.2, 0.25) is 0 Å². The zero-order chi connectivity index (χ0) is 17.2. The molecule has 4 N–H and O–H groups in total. The minimum Gasteiger partial charge on any atom is -0.338 e. The number of nitrogens with one attached hydrogen (secondary N) is 2. The molecule has 1 heterocycles. The van der Waals surface area contributed by atoms with Crippen molar-refractivity contribution < 1.29 is 13.2 Å². The van der Waals surface area contributed by atoms with E-state index in [0.29, 0.717) is 16.9 Å². The van der Waals surface area contributed by atoms with Gasteiger partial charge in [-0.3, -0.25) is 4.79 Å². The van der Waals surface area contributed by atoms with Crippen LogP contribution in [0.15, 0.2) is 48.5 Å². The van der Waals surface area contributed by atoms with Crippen LogP contribution in [0, 0.1) is 0 Å². The first kappa shape index (κ1) is 16.2. The summed E-state index contributed by atoms with van der Waals surface area (Å²) in [7, 11) is -3.72. The number of aromatic amines is 1. The highest BCUT2D eigenvalue weighted by Crippen LogP contribution is 2.21. The molecular weight excluding hydrogens is 328 g/mol. The zero-order valence-corrected chi connectivity index (χ0v) is 13.5. The van der Waals surface area contributed by atoms with Crippen molar-refractivity contribution in [3.8, 4) is 11.4 Å². The van der Waals surface area contributed by atoms with E-state index in [1.165, 1.54) is 6.07 Å². The molecule has 8 heteroatoms. The van der Waals surface area contributed by atoms with Gasteiger partial charge in [0.05, 0.1) is 16.8 Å². The van der Waals surface area contributed by atoms with Gasteiger partial charge in [-0.2, -0.15) is 0 Å². The summed E-state index contributed by atoms with van der Waals surface area (Å²) < 4.78 is 25.3. The van der Waals surface area contributed by atoms with Crippen LogP contribution in [-0.2, 0) is 10.0 Å². The summed E-state index contributed by atoms with van der Waals surface area (Å²) >= 11 is 0. The van der Waals surface area contributed by atoms with Gasteiger partial charge in [0.15, 0.2) is 0 Å². The first-order chi connectivity index (χ1) is 11.5. The standard InChI is InChI=1S/C16H16N4O3S/c17-8-9-24(22,23)20-16(21)12-6-7-13-14(10-12)19-15(18-13)11-4-2-1-3-5-11/h1-7,10H,8-9,17H2,(H,18,19)(H,20,21). The average Bonchev–Trinajstić information content (AvgIpc) is 2.98. The number of benzene rings is 2. The van der Waals surface area contributed by atoms with E-state index in [1.807, 2.05) is 35.1 Å². The molecule has 1 amide bonds. The molecular formula is C16H16N4O3S. The highest BCUT2D eigenvalue weighted by atomic mass is 32.2. The van der Waals surface area contributed by atoms with Gasteiger partial charge in [0.2, 0.25) is 10.0 Å². The molecule has 3 aromatic rings. The SMILES string of the molecule is NCCS(=O)(=O)NC(=O)c1ccc2nc(-c3ccccc3)[nH]c2c1. The molecule has 3 rings (SSSR count). The Morgan fingerprint density at radius 2 is 1.92 bits per heavy atom. The highest BCUT2D eigenvalue weighted by molar-refractivity contribution is 7.90. The predicted molar refractivity (Wildman–Crippen MR) is 91.8 cm³/mol. The maximum atomic E-state index is 12.1. The minimum atomic E-state index is -3.72. The first-order valence-corrected chi connectivity index (χ1v) is 8.94. The van der Waals surface area contributed by atoms with Crippen molar-refractivity contribution in [1.29, 1.82) is 0 Å². The van der Waals surface area contributed by atoms with Crippen LogP contribution in [0.1, 0.15) is 10.4 Å². The fraction of sp³-hybridized carbons (Fsp3) is 0.125. The van der Waals surface area contributed by atoms with E-state index in [0.717, 1.165) is 5.56 Å². The average molecular weight is 344 g/mol. The maximum Gasteiger partial charge on any atom is 0.264 e. The summed E-state index contributed by atoms with van der Waals surface area (Å²) in [5.74, 6) is -0.316. The van der Waals surface area contributed by atoms with E-state index in [2.05, 4.69) is 9.97 Å². The third-order valence-corrected chi connectivity index (χ3v) is 4.70. The summed E-state index contributed by atoms with van der Waals surface area (Å²) in [5.41, 5.74) is 7.71. The zero-order valence-electron chi connectivity index (χ0n) is 12.7. The van der Waals surface area contributed by atoms with Crippen LogP contribution in [0.5, 0.6) is 0 Å². The van der Waals surface area contributed by atoms with Gasteiger partial charge in [0, 0.05) is 17.7 Å². The topological polar surface area (TPSA) is 118 Å². The Labute approximate surface area is 139 Å². The highest BCUT2D eigenvalue weighted by Gasteiger charge is 2.16. The fourth-order valence-electron chi connectivity index (χ4n) is 2.29. The molecule has 24 heavy (non-hydrogen) atoms. The van der Waals surface area contributed by atoms with Gasteiger partial charge in [-0.15, -0.1) is 0 Å². The van der Waals surface area contributed by atoms with Crippen LogP contribution in [-0.4, -0.2) is 36.6 Å². The molecule has 0 aliphatic rings. The number of amides is 1. The number of imidazole rings is 1. The molecule has 0 radical (unpaired) electrons. The number of sulfonamides is 1. The van der Waals surface area contributed by atoms with Crippen LogP contribution in [0.4, 0.5) is 0 Å². The van der Waals surface area contributed by atoms with E-state index in [4.69, 9.17) is 5.73 Å². The summed E-state index contributed by atoms with van der Waals surface area (Å²) in [6, 6.07) is 14.3. The minimum absolute atomic E-state index is 0.0529. The lowest BCUT2D eigenvalue weighted by Crippen LogP contribution is -2.34. The van der Waals surface area contributed by atoms with Crippen LogP contribution >= 0.6 is 0 Å². The van der Waals surface area contributed by atoms with Gasteiger partial charge in [-0.05, 0) is 18.2 Å². The Morgan fingerprint density at radius 1 is 1.17 bits per heavy atom. The fourth-order valence-corrected chi connectivity index (χ4v) is 3.10. The van der Waals surface area contributed by atoms with E-state index < -0.39 is 15.9 Å². The molecule has 0 fully saturated rings. The van der Waals surface area contributed by atoms with Crippen molar-refractivity contribution >= 4 is 27.0 Å². The second-order valence-corrected chi connectivity index (χ2v) is 7.06. The molecule has 0 unspecified atom stereocenters. The number of carbonyl (C=O) groups is 1. The molecule has 1 aromatic heterocycles. The van der Waals surface area contributed by atoms with Gasteiger partial charge in [0.1, 0.15) is 5.82 Å². The number of carbonyl (C=O) groups excluding carboxylic acids is 1. The molecule has 2 aromatic carbocycles. The molecule has 0 saturated carbocycles. The van der Waals surface area contributed by atoms with Gasteiger partial charge in [0.25, 0.3) is 5.91 Å². The molecule has 0 aliphatic heterocycles. The Kier molecular flexibility index (Phi) is 4.32. The van der Waals surface area contributed by atoms with Crippen molar-refractivity contribution in [3.63, 3.8) is 0 Å². The van der Waals surface area contributed by atoms with Gasteiger partial charge in [-0.25, -0.2) is 18.1 Å². The van der Waals surface area contributed by atoms with Gasteiger partial charge >= 0.3 is 0 Å². The lowest BCUT2D eigenvalue weighted by Gasteiger charge is -2.05. The third-order valence-electron chi connectivity index (χ3n) is 3.43. The largest absolute Gasteiger partial charge is 0.338 e. The van der Waals surface area contributed by atoms with E-state index in [-0.39, 0.29) is 17.9 Å². The lowest BCUT2D eigenvalue weighted by atomic mass is 10.2. The summed E-state index contributed by atoms with van der Waals surface area (Å²) in [4.78, 5) is 19.7. The number of H-pyrrole nitrogens is 1. The Balaban J connectivity index is 1.90. The van der Waals surface area contributed by atoms with Crippen molar-refractivity contribution in [3.05, 3.63) is 54.1 Å². The quantitative estimate of drug-likeness (QED) is 0.644. The van der Waals surface area contributed by atoms with Crippen molar-refractivity contribution in [2.75, 3.05) is 12.3 Å². The third kappa shape index (κ3) is 3.44. The molecule has 0 saturated heterocycles. The second-order valence-electron chi connectivity index (χ2n) is 5.22. The van der Waals surface area contributed by atoms with E-state index in [1.54, 1.807) is 12.1 Å². The smallest absolute Gasteiger partial charge is 0.264 e.